The number of amides is 2. The zero-order valence-electron chi connectivity index (χ0n) is 17.0. The highest BCUT2D eigenvalue weighted by Gasteiger charge is 2.33. The first-order valence-electron chi connectivity index (χ1n) is 10.0. The monoisotopic (exact) mass is 423 g/mol. The van der Waals surface area contributed by atoms with Crippen LogP contribution in [0.4, 0.5) is 5.69 Å². The molecular weight excluding hydrogens is 394 g/mol. The van der Waals surface area contributed by atoms with Crippen molar-refractivity contribution in [1.82, 2.24) is 10.2 Å². The third-order valence-electron chi connectivity index (χ3n) is 5.61. The number of carbonyl (C=O) groups is 3. The summed E-state index contributed by atoms with van der Waals surface area (Å²) in [5, 5.41) is 6.29. The van der Waals surface area contributed by atoms with Crippen LogP contribution in [0.15, 0.2) is 24.3 Å². The molecule has 1 aromatic carbocycles. The third kappa shape index (κ3) is 5.70. The fourth-order valence-electron chi connectivity index (χ4n) is 4.07. The van der Waals surface area contributed by atoms with Crippen LogP contribution in [0.25, 0.3) is 0 Å². The van der Waals surface area contributed by atoms with Gasteiger partial charge < -0.3 is 20.3 Å². The van der Waals surface area contributed by atoms with Crippen molar-refractivity contribution in [1.29, 1.82) is 0 Å². The third-order valence-corrected chi connectivity index (χ3v) is 5.61. The highest BCUT2D eigenvalue weighted by molar-refractivity contribution is 5.99. The number of esters is 1. The van der Waals surface area contributed by atoms with E-state index in [1.807, 2.05) is 0 Å². The van der Waals surface area contributed by atoms with Gasteiger partial charge in [0, 0.05) is 29.8 Å². The minimum atomic E-state index is -0.541. The Bertz CT molecular complexity index is 742. The zero-order chi connectivity index (χ0) is 20.1. The summed E-state index contributed by atoms with van der Waals surface area (Å²) in [5.41, 5.74) is 1.07. The smallest absolute Gasteiger partial charge is 0.328 e. The van der Waals surface area contributed by atoms with Crippen molar-refractivity contribution in [3.63, 3.8) is 0 Å². The van der Waals surface area contributed by atoms with E-state index in [-0.39, 0.29) is 36.1 Å². The molecule has 8 heteroatoms. The van der Waals surface area contributed by atoms with E-state index in [0.29, 0.717) is 30.3 Å². The number of nitrogens with one attached hydrogen (secondary N) is 2. The van der Waals surface area contributed by atoms with E-state index in [0.717, 1.165) is 32.2 Å². The van der Waals surface area contributed by atoms with Crippen LogP contribution in [0.1, 0.15) is 49.4 Å². The Balaban J connectivity index is 0.00000300. The van der Waals surface area contributed by atoms with Gasteiger partial charge in [0.1, 0.15) is 6.04 Å². The largest absolute Gasteiger partial charge is 0.467 e. The molecule has 0 bridgehead atoms. The van der Waals surface area contributed by atoms with Gasteiger partial charge in [-0.1, -0.05) is 6.07 Å². The molecule has 2 N–H and O–H groups in total. The first kappa shape index (κ1) is 23.2. The van der Waals surface area contributed by atoms with Crippen molar-refractivity contribution in [3.8, 4) is 0 Å². The Morgan fingerprint density at radius 3 is 2.72 bits per heavy atom. The summed E-state index contributed by atoms with van der Waals surface area (Å²) >= 11 is 0. The van der Waals surface area contributed by atoms with Gasteiger partial charge in [-0.15, -0.1) is 12.4 Å². The van der Waals surface area contributed by atoms with Crippen LogP contribution in [0.3, 0.4) is 0 Å². The number of anilines is 1. The lowest BCUT2D eigenvalue weighted by atomic mass is 9.92. The number of likely N-dealkylation sites (tertiary alicyclic amines) is 1. The molecule has 2 heterocycles. The molecule has 2 amide bonds. The lowest BCUT2D eigenvalue weighted by Gasteiger charge is -2.33. The normalized spacial score (nSPS) is 24.2. The molecule has 3 rings (SSSR count). The number of hydrogen-bond donors (Lipinski definition) is 2. The first-order chi connectivity index (χ1) is 13.5. The second-order valence-corrected chi connectivity index (χ2v) is 7.68. The topological polar surface area (TPSA) is 87.7 Å². The molecule has 2 aliphatic rings. The fourth-order valence-corrected chi connectivity index (χ4v) is 4.07. The van der Waals surface area contributed by atoms with E-state index in [2.05, 4.69) is 17.6 Å². The molecule has 7 nitrogen and oxygen atoms in total. The number of ether oxygens (including phenoxy) is 1. The maximum Gasteiger partial charge on any atom is 0.328 e. The summed E-state index contributed by atoms with van der Waals surface area (Å²) in [5.74, 6) is -0.621. The van der Waals surface area contributed by atoms with Gasteiger partial charge in [-0.3, -0.25) is 9.59 Å². The van der Waals surface area contributed by atoms with Gasteiger partial charge in [-0.25, -0.2) is 4.79 Å². The molecule has 2 aliphatic heterocycles. The number of hydrogen-bond acceptors (Lipinski definition) is 5. The van der Waals surface area contributed by atoms with Crippen molar-refractivity contribution < 1.29 is 19.1 Å². The minimum absolute atomic E-state index is 0. The van der Waals surface area contributed by atoms with Gasteiger partial charge in [0.05, 0.1) is 7.11 Å². The number of nitrogens with zero attached hydrogens (tertiary/aromatic N) is 1. The molecule has 29 heavy (non-hydrogen) atoms. The summed E-state index contributed by atoms with van der Waals surface area (Å²) < 4.78 is 4.86. The van der Waals surface area contributed by atoms with E-state index < -0.39 is 6.04 Å². The first-order valence-corrected chi connectivity index (χ1v) is 10.0. The van der Waals surface area contributed by atoms with Gasteiger partial charge in [-0.05, 0) is 63.8 Å². The van der Waals surface area contributed by atoms with Crippen LogP contribution in [0.5, 0.6) is 0 Å². The van der Waals surface area contributed by atoms with Crippen LogP contribution in [-0.4, -0.2) is 55.0 Å². The lowest BCUT2D eigenvalue weighted by molar-refractivity contribution is -0.147. The molecular formula is C21H30ClN3O4. The van der Waals surface area contributed by atoms with Gasteiger partial charge in [0.15, 0.2) is 0 Å². The highest BCUT2D eigenvalue weighted by Crippen LogP contribution is 2.23. The van der Waals surface area contributed by atoms with Crippen LogP contribution in [0, 0.1) is 5.92 Å². The van der Waals surface area contributed by atoms with Crippen LogP contribution in [-0.2, 0) is 14.3 Å². The molecule has 3 atom stereocenters. The molecule has 0 aromatic heterocycles. The van der Waals surface area contributed by atoms with Crippen molar-refractivity contribution in [2.24, 2.45) is 5.92 Å². The predicted octanol–water partition coefficient (Wildman–Crippen LogP) is 2.60. The summed E-state index contributed by atoms with van der Waals surface area (Å²) in [6.07, 6.45) is 3.99. The molecule has 0 saturated carbocycles. The fraction of sp³-hybridized carbons (Fsp3) is 0.571. The second kappa shape index (κ2) is 10.6. The minimum Gasteiger partial charge on any atom is -0.467 e. The van der Waals surface area contributed by atoms with E-state index in [1.165, 1.54) is 7.11 Å². The number of rotatable bonds is 4. The number of benzene rings is 1. The predicted molar refractivity (Wildman–Crippen MR) is 113 cm³/mol. The Morgan fingerprint density at radius 2 is 2.00 bits per heavy atom. The maximum absolute atomic E-state index is 13.0. The lowest BCUT2D eigenvalue weighted by Crippen LogP contribution is -2.48. The number of carbonyl (C=O) groups excluding carboxylic acids is 3. The van der Waals surface area contributed by atoms with Gasteiger partial charge in [0.2, 0.25) is 5.91 Å². The van der Waals surface area contributed by atoms with Crippen molar-refractivity contribution in [2.75, 3.05) is 25.5 Å². The average Bonchev–Trinajstić information content (AvgIpc) is 2.72. The Labute approximate surface area is 178 Å². The number of halogens is 1. The molecule has 2 saturated heterocycles. The number of methoxy groups -OCH3 is 1. The van der Waals surface area contributed by atoms with Gasteiger partial charge in [-0.2, -0.15) is 0 Å². The van der Waals surface area contributed by atoms with Gasteiger partial charge in [0.25, 0.3) is 5.91 Å². The van der Waals surface area contributed by atoms with Crippen molar-refractivity contribution in [2.45, 2.75) is 51.1 Å². The average molecular weight is 424 g/mol. The quantitative estimate of drug-likeness (QED) is 0.727. The zero-order valence-corrected chi connectivity index (χ0v) is 17.8. The SMILES string of the molecule is COC(=O)C1CCCCN1C(=O)c1cccc(NC(=O)[C@H]2CCN[C@@H](C)C2)c1.Cl. The van der Waals surface area contributed by atoms with Crippen LogP contribution in [0.2, 0.25) is 0 Å². The standard InChI is InChI=1S/C21H29N3O4.ClH/c1-14-12-15(9-10-22-14)19(25)23-17-7-5-6-16(13-17)20(26)24-11-4-3-8-18(24)21(27)28-2;/h5-7,13-15,18,22H,3-4,8-12H2,1-2H3,(H,23,25);1H/t14-,15-,18?;/m0./s1. The Morgan fingerprint density at radius 1 is 1.21 bits per heavy atom. The molecule has 2 fully saturated rings. The molecule has 1 aromatic rings. The second-order valence-electron chi connectivity index (χ2n) is 7.68. The summed E-state index contributed by atoms with van der Waals surface area (Å²) in [7, 11) is 1.34. The summed E-state index contributed by atoms with van der Waals surface area (Å²) in [6.45, 7) is 3.44. The molecule has 0 radical (unpaired) electrons. The van der Waals surface area contributed by atoms with E-state index in [9.17, 15) is 14.4 Å². The summed E-state index contributed by atoms with van der Waals surface area (Å²) in [6, 6.07) is 6.73. The molecule has 0 spiro atoms. The highest BCUT2D eigenvalue weighted by atomic mass is 35.5. The van der Waals surface area contributed by atoms with E-state index >= 15 is 0 Å². The Kier molecular flexibility index (Phi) is 8.46. The molecule has 160 valence electrons. The van der Waals surface area contributed by atoms with E-state index in [4.69, 9.17) is 4.74 Å². The summed E-state index contributed by atoms with van der Waals surface area (Å²) in [4.78, 5) is 39.2. The van der Waals surface area contributed by atoms with Crippen molar-refractivity contribution >= 4 is 35.9 Å². The Hall–Kier alpha value is -2.12. The van der Waals surface area contributed by atoms with Crippen LogP contribution >= 0.6 is 12.4 Å². The van der Waals surface area contributed by atoms with Crippen LogP contribution < -0.4 is 10.6 Å². The molecule has 0 aliphatic carbocycles. The van der Waals surface area contributed by atoms with Crippen molar-refractivity contribution in [3.05, 3.63) is 29.8 Å². The molecule has 1 unspecified atom stereocenters. The van der Waals surface area contributed by atoms with Gasteiger partial charge >= 0.3 is 5.97 Å². The maximum atomic E-state index is 13.0. The van der Waals surface area contributed by atoms with E-state index in [1.54, 1.807) is 29.2 Å². The number of piperidine rings is 2.